The van der Waals surface area contributed by atoms with Crippen molar-refractivity contribution in [2.45, 2.75) is 82.0 Å². The van der Waals surface area contributed by atoms with E-state index in [0.29, 0.717) is 38.7 Å². The molecule has 1 heterocycles. The number of fused-ring (bicyclic) bond motifs is 5. The average molecular weight is 402 g/mol. The Hall–Kier alpha value is -1.42. The smallest absolute Gasteiger partial charge is 0.331 e. The third kappa shape index (κ3) is 2.30. The van der Waals surface area contributed by atoms with Crippen molar-refractivity contribution in [2.24, 2.45) is 28.6 Å². The molecule has 29 heavy (non-hydrogen) atoms. The van der Waals surface area contributed by atoms with Crippen LogP contribution in [-0.4, -0.2) is 45.2 Å². The van der Waals surface area contributed by atoms with Gasteiger partial charge in [0.1, 0.15) is 6.61 Å². The summed E-state index contributed by atoms with van der Waals surface area (Å²) in [6.45, 7) is 2.47. The number of hydrogen-bond donors (Lipinski definition) is 3. The third-order valence-corrected chi connectivity index (χ3v) is 9.75. The SMILES string of the molecule is C[C@]12CC[C@H]3[C@@H](CC[C@@]4(O)C[C@@H](O)CC[C@]34C#N)[C@]1(O)CC[C@H]2C1=CC(=O)OC1. The number of ether oxygens (including phenoxy) is 1. The Morgan fingerprint density at radius 2 is 1.86 bits per heavy atom. The Balaban J connectivity index is 1.52. The molecule has 0 saturated heterocycles. The number of esters is 1. The Kier molecular flexibility index (Phi) is 4.08. The lowest BCUT2D eigenvalue weighted by atomic mass is 9.41. The third-order valence-electron chi connectivity index (χ3n) is 9.75. The first-order chi connectivity index (χ1) is 13.7. The number of carbonyl (C=O) groups excluding carboxylic acids is 1. The minimum absolute atomic E-state index is 0.0416. The van der Waals surface area contributed by atoms with E-state index in [1.54, 1.807) is 6.08 Å². The summed E-state index contributed by atoms with van der Waals surface area (Å²) in [6.07, 6.45) is 6.48. The van der Waals surface area contributed by atoms with Crippen molar-refractivity contribution in [1.29, 1.82) is 5.26 Å². The summed E-state index contributed by atoms with van der Waals surface area (Å²) in [5.74, 6) is -0.280. The van der Waals surface area contributed by atoms with Gasteiger partial charge < -0.3 is 20.1 Å². The number of aliphatic hydroxyl groups is 3. The summed E-state index contributed by atoms with van der Waals surface area (Å²) in [6, 6.07) is 2.51. The van der Waals surface area contributed by atoms with Gasteiger partial charge in [-0.25, -0.2) is 4.79 Å². The Morgan fingerprint density at radius 1 is 1.10 bits per heavy atom. The quantitative estimate of drug-likeness (QED) is 0.581. The van der Waals surface area contributed by atoms with Crippen LogP contribution in [0.4, 0.5) is 0 Å². The van der Waals surface area contributed by atoms with Gasteiger partial charge in [0.2, 0.25) is 0 Å². The first-order valence-electron chi connectivity index (χ1n) is 11.1. The van der Waals surface area contributed by atoms with Gasteiger partial charge >= 0.3 is 5.97 Å². The number of nitriles is 1. The lowest BCUT2D eigenvalue weighted by Crippen LogP contribution is -2.67. The lowest BCUT2D eigenvalue weighted by molar-refractivity contribution is -0.242. The second-order valence-electron chi connectivity index (χ2n) is 10.6. The summed E-state index contributed by atoms with van der Waals surface area (Å²) < 4.78 is 5.16. The zero-order valence-electron chi connectivity index (χ0n) is 17.1. The number of hydrogen-bond acceptors (Lipinski definition) is 6. The maximum absolute atomic E-state index is 12.1. The molecule has 0 spiro atoms. The van der Waals surface area contributed by atoms with E-state index < -0.39 is 22.7 Å². The first-order valence-corrected chi connectivity index (χ1v) is 11.1. The fourth-order valence-electron chi connectivity index (χ4n) is 8.27. The molecular formula is C23H31NO5. The van der Waals surface area contributed by atoms with Crippen LogP contribution in [0.15, 0.2) is 11.6 Å². The van der Waals surface area contributed by atoms with Crippen LogP contribution in [-0.2, 0) is 9.53 Å². The van der Waals surface area contributed by atoms with E-state index in [2.05, 4.69) is 13.0 Å². The van der Waals surface area contributed by atoms with Gasteiger partial charge in [0.15, 0.2) is 0 Å². The minimum Gasteiger partial charge on any atom is -0.458 e. The van der Waals surface area contributed by atoms with Crippen molar-refractivity contribution >= 4 is 5.97 Å². The van der Waals surface area contributed by atoms with Crippen LogP contribution in [0.3, 0.4) is 0 Å². The highest BCUT2D eigenvalue weighted by molar-refractivity contribution is 5.85. The van der Waals surface area contributed by atoms with E-state index in [0.717, 1.165) is 24.8 Å². The molecule has 0 bridgehead atoms. The van der Waals surface area contributed by atoms with Crippen molar-refractivity contribution in [1.82, 2.24) is 0 Å². The predicted octanol–water partition coefficient (Wildman–Crippen LogP) is 2.22. The molecular weight excluding hydrogens is 370 g/mol. The van der Waals surface area contributed by atoms with E-state index >= 15 is 0 Å². The molecule has 4 aliphatic carbocycles. The van der Waals surface area contributed by atoms with Crippen LogP contribution in [0.2, 0.25) is 0 Å². The van der Waals surface area contributed by atoms with Crippen molar-refractivity contribution in [3.8, 4) is 6.07 Å². The number of carbonyl (C=O) groups is 1. The van der Waals surface area contributed by atoms with Crippen molar-refractivity contribution < 1.29 is 24.9 Å². The van der Waals surface area contributed by atoms with E-state index in [-0.39, 0.29) is 35.6 Å². The van der Waals surface area contributed by atoms with E-state index in [4.69, 9.17) is 4.74 Å². The zero-order chi connectivity index (χ0) is 20.7. The molecule has 0 aromatic heterocycles. The van der Waals surface area contributed by atoms with Crippen molar-refractivity contribution in [3.63, 3.8) is 0 Å². The molecule has 0 aromatic carbocycles. The molecule has 3 N–H and O–H groups in total. The van der Waals surface area contributed by atoms with E-state index in [9.17, 15) is 25.4 Å². The summed E-state index contributed by atoms with van der Waals surface area (Å²) in [5.41, 5.74) is -2.33. The molecule has 6 nitrogen and oxygen atoms in total. The molecule has 0 amide bonds. The zero-order valence-corrected chi connectivity index (χ0v) is 17.1. The molecule has 4 saturated carbocycles. The van der Waals surface area contributed by atoms with Crippen molar-refractivity contribution in [2.75, 3.05) is 6.61 Å². The van der Waals surface area contributed by atoms with E-state index in [1.165, 1.54) is 0 Å². The molecule has 0 aromatic rings. The number of aliphatic hydroxyl groups excluding tert-OH is 1. The second-order valence-corrected chi connectivity index (χ2v) is 10.6. The first kappa shape index (κ1) is 19.5. The molecule has 6 heteroatoms. The Labute approximate surface area is 171 Å². The summed E-state index contributed by atoms with van der Waals surface area (Å²) >= 11 is 0. The molecule has 158 valence electrons. The number of cyclic esters (lactones) is 1. The van der Waals surface area contributed by atoms with Crippen molar-refractivity contribution in [3.05, 3.63) is 11.6 Å². The average Bonchev–Trinajstić information content (AvgIpc) is 3.21. The molecule has 5 rings (SSSR count). The van der Waals surface area contributed by atoms with Crippen LogP contribution in [0.5, 0.6) is 0 Å². The van der Waals surface area contributed by atoms with Gasteiger partial charge in [0.25, 0.3) is 0 Å². The molecule has 4 fully saturated rings. The van der Waals surface area contributed by atoms with Gasteiger partial charge in [-0.15, -0.1) is 0 Å². The molecule has 5 aliphatic rings. The number of nitrogens with zero attached hydrogens (tertiary/aromatic N) is 1. The largest absolute Gasteiger partial charge is 0.458 e. The maximum atomic E-state index is 12.1. The van der Waals surface area contributed by atoms with Gasteiger partial charge in [-0.05, 0) is 74.7 Å². The minimum atomic E-state index is -1.17. The monoisotopic (exact) mass is 401 g/mol. The van der Waals surface area contributed by atoms with Gasteiger partial charge in [-0.1, -0.05) is 6.92 Å². The van der Waals surface area contributed by atoms with Gasteiger partial charge in [0, 0.05) is 17.9 Å². The molecule has 0 unspecified atom stereocenters. The molecule has 8 atom stereocenters. The number of rotatable bonds is 1. The fourth-order valence-corrected chi connectivity index (χ4v) is 8.27. The fraction of sp³-hybridized carbons (Fsp3) is 0.826. The summed E-state index contributed by atoms with van der Waals surface area (Å²) in [7, 11) is 0. The van der Waals surface area contributed by atoms with Gasteiger partial charge in [-0.2, -0.15) is 5.26 Å². The normalized spacial score (nSPS) is 53.9. The van der Waals surface area contributed by atoms with Crippen LogP contribution < -0.4 is 0 Å². The summed E-state index contributed by atoms with van der Waals surface area (Å²) in [4.78, 5) is 11.6. The van der Waals surface area contributed by atoms with Crippen LogP contribution in [0.1, 0.15) is 64.7 Å². The lowest BCUT2D eigenvalue weighted by Gasteiger charge is -2.64. The maximum Gasteiger partial charge on any atom is 0.331 e. The highest BCUT2D eigenvalue weighted by atomic mass is 16.5. The van der Waals surface area contributed by atoms with E-state index in [1.807, 2.05) is 0 Å². The summed E-state index contributed by atoms with van der Waals surface area (Å²) in [5, 5.41) is 44.0. The highest BCUT2D eigenvalue weighted by Gasteiger charge is 2.71. The van der Waals surface area contributed by atoms with Crippen LogP contribution in [0, 0.1) is 39.9 Å². The second kappa shape index (κ2) is 6.06. The molecule has 0 radical (unpaired) electrons. The van der Waals surface area contributed by atoms with Crippen LogP contribution >= 0.6 is 0 Å². The molecule has 1 aliphatic heterocycles. The van der Waals surface area contributed by atoms with Gasteiger partial charge in [-0.3, -0.25) is 0 Å². The predicted molar refractivity (Wildman–Crippen MR) is 103 cm³/mol. The highest BCUT2D eigenvalue weighted by Crippen LogP contribution is 2.70. The topological polar surface area (TPSA) is 111 Å². The Morgan fingerprint density at radius 3 is 2.55 bits per heavy atom. The Bertz CT molecular complexity index is 819. The van der Waals surface area contributed by atoms with Crippen LogP contribution in [0.25, 0.3) is 0 Å². The standard InChI is InChI=1S/C23H31NO5/c1-20-6-3-17-18(4-8-22(27)11-15(25)2-7-21(17,22)13-24)23(20,28)9-5-16(20)14-10-19(26)29-12-14/h10,15-18,25,27-28H,2-9,11-12H2,1H3/t15-,16-,17-,18+,20+,21-,22+,23+/m0/s1. The van der Waals surface area contributed by atoms with Gasteiger partial charge in [0.05, 0.1) is 28.8 Å².